The van der Waals surface area contributed by atoms with E-state index in [1.165, 1.54) is 0 Å². The molecule has 0 unspecified atom stereocenters. The van der Waals surface area contributed by atoms with Crippen LogP contribution in [0.25, 0.3) is 0 Å². The zero-order valence-corrected chi connectivity index (χ0v) is 11.3. The lowest BCUT2D eigenvalue weighted by Gasteiger charge is -2.14. The summed E-state index contributed by atoms with van der Waals surface area (Å²) in [6, 6.07) is 9.20. The van der Waals surface area contributed by atoms with Crippen LogP contribution in [0.5, 0.6) is 0 Å². The van der Waals surface area contributed by atoms with Gasteiger partial charge >= 0.3 is 0 Å². The van der Waals surface area contributed by atoms with Crippen LogP contribution in [0, 0.1) is 0 Å². The van der Waals surface area contributed by atoms with Crippen molar-refractivity contribution in [2.75, 3.05) is 0 Å². The highest BCUT2D eigenvalue weighted by Gasteiger charge is 2.31. The molecule has 2 nitrogen and oxygen atoms in total. The van der Waals surface area contributed by atoms with Crippen LogP contribution in [0.1, 0.15) is 5.56 Å². The normalized spacial score (nSPS) is 16.6. The van der Waals surface area contributed by atoms with Gasteiger partial charge in [0.1, 0.15) is 10.1 Å². The second kappa shape index (κ2) is 5.27. The number of carbonyl (C=O) groups is 2. The number of halogens is 3. The quantitative estimate of drug-likeness (QED) is 0.783. The Balaban J connectivity index is 2.39. The van der Waals surface area contributed by atoms with Gasteiger partial charge in [0.2, 0.25) is 11.6 Å². The molecule has 1 aromatic carbocycles. The maximum absolute atomic E-state index is 11.9. The second-order valence-electron chi connectivity index (χ2n) is 3.74. The van der Waals surface area contributed by atoms with Crippen molar-refractivity contribution >= 4 is 46.4 Å². The fourth-order valence-corrected chi connectivity index (χ4v) is 2.30. The molecule has 92 valence electrons. The first kappa shape index (κ1) is 13.3. The number of hydrogen-bond acceptors (Lipinski definition) is 2. The molecule has 0 spiro atoms. The van der Waals surface area contributed by atoms with Crippen LogP contribution in [0.3, 0.4) is 0 Å². The van der Waals surface area contributed by atoms with E-state index in [4.69, 9.17) is 34.8 Å². The van der Waals surface area contributed by atoms with Crippen molar-refractivity contribution in [3.63, 3.8) is 0 Å². The van der Waals surface area contributed by atoms with Crippen LogP contribution in [0.2, 0.25) is 0 Å². The molecular formula is C13H7Cl3O2. The van der Waals surface area contributed by atoms with Crippen molar-refractivity contribution < 1.29 is 9.59 Å². The van der Waals surface area contributed by atoms with Gasteiger partial charge in [0, 0.05) is 12.0 Å². The standard InChI is InChI=1S/C13H7Cl3O2/c14-9-8(6-7-4-2-1-3-5-7)12(17)10(15)11(16)13(9)18/h1-5H,6H2. The van der Waals surface area contributed by atoms with Crippen LogP contribution in [-0.2, 0) is 16.0 Å². The number of ketones is 2. The lowest BCUT2D eigenvalue weighted by atomic mass is 9.96. The summed E-state index contributed by atoms with van der Waals surface area (Å²) in [6.07, 6.45) is 0.255. The third-order valence-electron chi connectivity index (χ3n) is 2.55. The molecule has 0 amide bonds. The van der Waals surface area contributed by atoms with Crippen molar-refractivity contribution in [3.05, 3.63) is 56.6 Å². The van der Waals surface area contributed by atoms with Gasteiger partial charge in [-0.1, -0.05) is 65.1 Å². The zero-order chi connectivity index (χ0) is 13.3. The summed E-state index contributed by atoms with van der Waals surface area (Å²) in [5.74, 6) is -1.09. The molecule has 1 aliphatic rings. The number of Topliss-reactive ketones (excluding diaryl/α,β-unsaturated/α-hetero) is 2. The molecule has 2 rings (SSSR count). The highest BCUT2D eigenvalue weighted by atomic mass is 35.5. The molecule has 1 aliphatic carbocycles. The van der Waals surface area contributed by atoms with E-state index in [1.54, 1.807) is 0 Å². The predicted molar refractivity (Wildman–Crippen MR) is 71.8 cm³/mol. The molecule has 0 saturated heterocycles. The Hall–Kier alpha value is -1.09. The smallest absolute Gasteiger partial charge is 0.217 e. The molecule has 5 heteroatoms. The molecule has 0 radical (unpaired) electrons. The molecule has 0 heterocycles. The first-order chi connectivity index (χ1) is 8.52. The summed E-state index contributed by atoms with van der Waals surface area (Å²) in [6.45, 7) is 0. The van der Waals surface area contributed by atoms with E-state index >= 15 is 0 Å². The van der Waals surface area contributed by atoms with E-state index in [0.29, 0.717) is 0 Å². The SMILES string of the molecule is O=C1C(Cl)=C(Cl)C(=O)C(Cc2ccccc2)=C1Cl. The van der Waals surface area contributed by atoms with E-state index in [9.17, 15) is 9.59 Å². The van der Waals surface area contributed by atoms with Crippen molar-refractivity contribution in [2.24, 2.45) is 0 Å². The third kappa shape index (κ3) is 2.37. The number of rotatable bonds is 2. The first-order valence-corrected chi connectivity index (χ1v) is 6.23. The van der Waals surface area contributed by atoms with Gasteiger partial charge in [-0.3, -0.25) is 9.59 Å². The Labute approximate surface area is 119 Å². The summed E-state index contributed by atoms with van der Waals surface area (Å²) in [7, 11) is 0. The fourth-order valence-electron chi connectivity index (χ4n) is 1.62. The van der Waals surface area contributed by atoms with Crippen molar-refractivity contribution in [3.8, 4) is 0 Å². The minimum atomic E-state index is -0.603. The molecule has 0 saturated carbocycles. The molecule has 0 atom stereocenters. The Morgan fingerprint density at radius 3 is 1.94 bits per heavy atom. The number of benzene rings is 1. The molecule has 0 bridgehead atoms. The summed E-state index contributed by atoms with van der Waals surface area (Å²) >= 11 is 17.2. The van der Waals surface area contributed by atoms with E-state index in [-0.39, 0.29) is 27.1 Å². The fraction of sp³-hybridized carbons (Fsp3) is 0.0769. The predicted octanol–water partition coefficient (Wildman–Crippen LogP) is 3.56. The lowest BCUT2D eigenvalue weighted by Crippen LogP contribution is -2.19. The van der Waals surface area contributed by atoms with Gasteiger partial charge in [0.25, 0.3) is 0 Å². The molecule has 0 aliphatic heterocycles. The van der Waals surface area contributed by atoms with Crippen LogP contribution in [-0.4, -0.2) is 11.6 Å². The maximum atomic E-state index is 11.9. The second-order valence-corrected chi connectivity index (χ2v) is 4.88. The highest BCUT2D eigenvalue weighted by Crippen LogP contribution is 2.32. The van der Waals surface area contributed by atoms with E-state index < -0.39 is 11.6 Å². The van der Waals surface area contributed by atoms with Gasteiger partial charge in [0.15, 0.2) is 0 Å². The molecule has 18 heavy (non-hydrogen) atoms. The minimum Gasteiger partial charge on any atom is -0.288 e. The van der Waals surface area contributed by atoms with Gasteiger partial charge in [-0.15, -0.1) is 0 Å². The van der Waals surface area contributed by atoms with E-state index in [0.717, 1.165) is 5.56 Å². The lowest BCUT2D eigenvalue weighted by molar-refractivity contribution is -0.115. The van der Waals surface area contributed by atoms with Crippen LogP contribution in [0.4, 0.5) is 0 Å². The summed E-state index contributed by atoms with van der Waals surface area (Å²) in [5, 5.41) is -0.737. The van der Waals surface area contributed by atoms with E-state index in [1.807, 2.05) is 30.3 Å². The Morgan fingerprint density at radius 1 is 0.778 bits per heavy atom. The average molecular weight is 302 g/mol. The molecule has 0 fully saturated rings. The summed E-state index contributed by atoms with van der Waals surface area (Å²) in [4.78, 5) is 23.6. The van der Waals surface area contributed by atoms with Crippen molar-refractivity contribution in [1.82, 2.24) is 0 Å². The van der Waals surface area contributed by atoms with Crippen LogP contribution >= 0.6 is 34.8 Å². The van der Waals surface area contributed by atoms with Gasteiger partial charge in [-0.2, -0.15) is 0 Å². The van der Waals surface area contributed by atoms with Crippen LogP contribution < -0.4 is 0 Å². The number of carbonyl (C=O) groups excluding carboxylic acids is 2. The Morgan fingerprint density at radius 2 is 1.33 bits per heavy atom. The Bertz CT molecular complexity index is 586. The van der Waals surface area contributed by atoms with Crippen LogP contribution in [0.15, 0.2) is 51.0 Å². The van der Waals surface area contributed by atoms with Gasteiger partial charge in [-0.25, -0.2) is 0 Å². The number of allylic oxidation sites excluding steroid dienone is 4. The van der Waals surface area contributed by atoms with Gasteiger partial charge < -0.3 is 0 Å². The average Bonchev–Trinajstić information content (AvgIpc) is 2.40. The van der Waals surface area contributed by atoms with Crippen molar-refractivity contribution in [1.29, 1.82) is 0 Å². The van der Waals surface area contributed by atoms with Crippen molar-refractivity contribution in [2.45, 2.75) is 6.42 Å². The maximum Gasteiger partial charge on any atom is 0.217 e. The molecule has 1 aromatic rings. The van der Waals surface area contributed by atoms with Gasteiger partial charge in [0.05, 0.1) is 5.03 Å². The minimum absolute atomic E-state index is 0.154. The topological polar surface area (TPSA) is 34.1 Å². The largest absolute Gasteiger partial charge is 0.288 e. The van der Waals surface area contributed by atoms with E-state index in [2.05, 4.69) is 0 Å². The zero-order valence-electron chi connectivity index (χ0n) is 9.04. The summed E-state index contributed by atoms with van der Waals surface area (Å²) in [5.41, 5.74) is 1.05. The first-order valence-electron chi connectivity index (χ1n) is 5.09. The monoisotopic (exact) mass is 300 g/mol. The third-order valence-corrected chi connectivity index (χ3v) is 3.77. The Kier molecular flexibility index (Phi) is 3.91. The molecular weight excluding hydrogens is 294 g/mol. The summed E-state index contributed by atoms with van der Waals surface area (Å²) < 4.78 is 0. The highest BCUT2D eigenvalue weighted by molar-refractivity contribution is 6.64. The number of hydrogen-bond donors (Lipinski definition) is 0. The van der Waals surface area contributed by atoms with Gasteiger partial charge in [-0.05, 0) is 5.56 Å². The molecule has 0 aromatic heterocycles. The molecule has 0 N–H and O–H groups in total.